The smallest absolute Gasteiger partial charge is 0.233 e. The summed E-state index contributed by atoms with van der Waals surface area (Å²) in [5.74, 6) is 1.20. The molecule has 33 heavy (non-hydrogen) atoms. The van der Waals surface area contributed by atoms with Crippen molar-refractivity contribution in [2.45, 2.75) is 30.2 Å². The van der Waals surface area contributed by atoms with Gasteiger partial charge in [-0.1, -0.05) is 48.0 Å². The Kier molecular flexibility index (Phi) is 6.51. The standard InChI is InChI=1S/C26H26N2O4S/c1-18-8-14-22(15-9-18)33(29,30)26-25(27-17-16-20-10-12-21(31-3)13-11-20)32-24(28-26)23-7-5-4-6-19(23)2/h4-15,27H,16-17H2,1-3H3. The first kappa shape index (κ1) is 22.6. The number of nitrogens with zero attached hydrogens (tertiary/aromatic N) is 1. The molecule has 3 aromatic carbocycles. The van der Waals surface area contributed by atoms with Gasteiger partial charge in [0.25, 0.3) is 0 Å². The SMILES string of the molecule is COc1ccc(CCNc2oc(-c3ccccc3C)nc2S(=O)(=O)c2ccc(C)cc2)cc1. The maximum atomic E-state index is 13.4. The number of anilines is 1. The first-order valence-electron chi connectivity index (χ1n) is 10.6. The largest absolute Gasteiger partial charge is 0.497 e. The van der Waals surface area contributed by atoms with Crippen LogP contribution in [0, 0.1) is 13.8 Å². The van der Waals surface area contributed by atoms with Gasteiger partial charge in [0.1, 0.15) is 5.75 Å². The molecule has 0 bridgehead atoms. The molecular weight excluding hydrogens is 436 g/mol. The Labute approximate surface area is 194 Å². The molecule has 1 heterocycles. The lowest BCUT2D eigenvalue weighted by Gasteiger charge is -2.07. The molecule has 0 radical (unpaired) electrons. The Morgan fingerprint density at radius 2 is 1.64 bits per heavy atom. The Balaban J connectivity index is 1.66. The van der Waals surface area contributed by atoms with Gasteiger partial charge in [-0.05, 0) is 61.7 Å². The van der Waals surface area contributed by atoms with E-state index in [1.54, 1.807) is 31.4 Å². The number of sulfone groups is 1. The van der Waals surface area contributed by atoms with Crippen LogP contribution in [-0.2, 0) is 16.3 Å². The second-order valence-electron chi connectivity index (χ2n) is 7.81. The van der Waals surface area contributed by atoms with Gasteiger partial charge in [0.15, 0.2) is 0 Å². The number of aromatic nitrogens is 1. The molecule has 1 N–H and O–H groups in total. The van der Waals surface area contributed by atoms with Gasteiger partial charge in [0.05, 0.1) is 12.0 Å². The summed E-state index contributed by atoms with van der Waals surface area (Å²) in [4.78, 5) is 4.60. The summed E-state index contributed by atoms with van der Waals surface area (Å²) in [5.41, 5.74) is 3.77. The van der Waals surface area contributed by atoms with E-state index in [0.717, 1.165) is 28.0 Å². The quantitative estimate of drug-likeness (QED) is 0.375. The van der Waals surface area contributed by atoms with Crippen molar-refractivity contribution in [2.24, 2.45) is 0 Å². The molecule has 0 aliphatic rings. The minimum Gasteiger partial charge on any atom is -0.497 e. The van der Waals surface area contributed by atoms with E-state index in [9.17, 15) is 8.42 Å². The number of hydrogen-bond donors (Lipinski definition) is 1. The van der Waals surface area contributed by atoms with E-state index >= 15 is 0 Å². The summed E-state index contributed by atoms with van der Waals surface area (Å²) >= 11 is 0. The molecule has 0 atom stereocenters. The van der Waals surface area contributed by atoms with Gasteiger partial charge in [-0.25, -0.2) is 8.42 Å². The van der Waals surface area contributed by atoms with E-state index in [1.807, 2.05) is 62.4 Å². The monoisotopic (exact) mass is 462 g/mol. The second-order valence-corrected chi connectivity index (χ2v) is 9.67. The van der Waals surface area contributed by atoms with Crippen LogP contribution >= 0.6 is 0 Å². The van der Waals surface area contributed by atoms with Crippen LogP contribution in [-0.4, -0.2) is 27.1 Å². The van der Waals surface area contributed by atoms with Crippen molar-refractivity contribution in [1.82, 2.24) is 4.98 Å². The highest BCUT2D eigenvalue weighted by Crippen LogP contribution is 2.33. The van der Waals surface area contributed by atoms with Crippen LogP contribution in [0.15, 0.2) is 87.1 Å². The molecular formula is C26H26N2O4S. The van der Waals surface area contributed by atoms with Crippen LogP contribution in [0.3, 0.4) is 0 Å². The van der Waals surface area contributed by atoms with Gasteiger partial charge in [0, 0.05) is 12.1 Å². The summed E-state index contributed by atoms with van der Waals surface area (Å²) in [6.45, 7) is 4.32. The van der Waals surface area contributed by atoms with E-state index in [2.05, 4.69) is 10.3 Å². The highest BCUT2D eigenvalue weighted by Gasteiger charge is 2.28. The Morgan fingerprint density at radius 3 is 2.30 bits per heavy atom. The zero-order valence-corrected chi connectivity index (χ0v) is 19.6. The van der Waals surface area contributed by atoms with Gasteiger partial charge in [-0.2, -0.15) is 4.98 Å². The lowest BCUT2D eigenvalue weighted by molar-refractivity contribution is 0.414. The number of nitrogens with one attached hydrogen (secondary N) is 1. The fourth-order valence-electron chi connectivity index (χ4n) is 3.47. The van der Waals surface area contributed by atoms with Crippen molar-refractivity contribution in [2.75, 3.05) is 19.0 Å². The van der Waals surface area contributed by atoms with Crippen LogP contribution in [0.25, 0.3) is 11.5 Å². The molecule has 0 fully saturated rings. The van der Waals surface area contributed by atoms with Crippen molar-refractivity contribution in [3.63, 3.8) is 0 Å². The minimum absolute atomic E-state index is 0.112. The fourth-order valence-corrected chi connectivity index (χ4v) is 4.75. The number of rotatable bonds is 8. The molecule has 6 nitrogen and oxygen atoms in total. The van der Waals surface area contributed by atoms with Crippen molar-refractivity contribution in [3.05, 3.63) is 89.5 Å². The molecule has 0 saturated carbocycles. The Hall–Kier alpha value is -3.58. The predicted octanol–water partition coefficient (Wildman–Crippen LogP) is 5.45. The molecule has 170 valence electrons. The lowest BCUT2D eigenvalue weighted by atomic mass is 10.1. The van der Waals surface area contributed by atoms with Crippen molar-refractivity contribution in [1.29, 1.82) is 0 Å². The van der Waals surface area contributed by atoms with Gasteiger partial charge < -0.3 is 14.5 Å². The van der Waals surface area contributed by atoms with E-state index in [4.69, 9.17) is 9.15 Å². The van der Waals surface area contributed by atoms with Crippen LogP contribution in [0.4, 0.5) is 5.88 Å². The van der Waals surface area contributed by atoms with Gasteiger partial charge in [-0.15, -0.1) is 0 Å². The highest BCUT2D eigenvalue weighted by atomic mass is 32.2. The molecule has 0 spiro atoms. The highest BCUT2D eigenvalue weighted by molar-refractivity contribution is 7.91. The third-order valence-corrected chi connectivity index (χ3v) is 7.09. The van der Waals surface area contributed by atoms with E-state index in [0.29, 0.717) is 13.0 Å². The molecule has 0 aliphatic carbocycles. The molecule has 0 aliphatic heterocycles. The van der Waals surface area contributed by atoms with E-state index in [1.165, 1.54) is 0 Å². The number of oxazole rings is 1. The zero-order valence-electron chi connectivity index (χ0n) is 18.8. The summed E-state index contributed by atoms with van der Waals surface area (Å²) in [7, 11) is -2.25. The number of aryl methyl sites for hydroxylation is 2. The number of ether oxygens (including phenoxy) is 1. The van der Waals surface area contributed by atoms with Crippen LogP contribution in [0.5, 0.6) is 5.75 Å². The second kappa shape index (κ2) is 9.50. The average Bonchev–Trinajstić information content (AvgIpc) is 3.25. The molecule has 7 heteroatoms. The zero-order chi connectivity index (χ0) is 23.4. The lowest BCUT2D eigenvalue weighted by Crippen LogP contribution is -2.09. The maximum Gasteiger partial charge on any atom is 0.233 e. The van der Waals surface area contributed by atoms with Gasteiger partial charge >= 0.3 is 0 Å². The van der Waals surface area contributed by atoms with Gasteiger partial charge in [0.2, 0.25) is 26.6 Å². The summed E-state index contributed by atoms with van der Waals surface area (Å²) in [5, 5.41) is 3.04. The molecule has 1 aromatic heterocycles. The summed E-state index contributed by atoms with van der Waals surface area (Å²) in [6.07, 6.45) is 0.675. The third kappa shape index (κ3) is 4.93. The van der Waals surface area contributed by atoms with Crippen LogP contribution in [0.2, 0.25) is 0 Å². The van der Waals surface area contributed by atoms with Crippen LogP contribution in [0.1, 0.15) is 16.7 Å². The third-order valence-electron chi connectivity index (χ3n) is 5.42. The number of methoxy groups -OCH3 is 1. The van der Waals surface area contributed by atoms with Gasteiger partial charge in [-0.3, -0.25) is 0 Å². The van der Waals surface area contributed by atoms with Crippen LogP contribution < -0.4 is 10.1 Å². The molecule has 0 amide bonds. The van der Waals surface area contributed by atoms with E-state index < -0.39 is 9.84 Å². The first-order chi connectivity index (χ1) is 15.9. The Bertz CT molecular complexity index is 1340. The van der Waals surface area contributed by atoms with Crippen molar-refractivity contribution < 1.29 is 17.6 Å². The normalized spacial score (nSPS) is 11.4. The van der Waals surface area contributed by atoms with E-state index in [-0.39, 0.29) is 21.7 Å². The summed E-state index contributed by atoms with van der Waals surface area (Å²) < 4.78 is 38.0. The molecule has 0 unspecified atom stereocenters. The number of benzene rings is 3. The topological polar surface area (TPSA) is 81.4 Å². The fraction of sp³-hybridized carbons (Fsp3) is 0.192. The molecule has 0 saturated heterocycles. The van der Waals surface area contributed by atoms with Crippen molar-refractivity contribution >= 4 is 15.7 Å². The minimum atomic E-state index is -3.87. The van der Waals surface area contributed by atoms with Crippen molar-refractivity contribution in [3.8, 4) is 17.2 Å². The Morgan fingerprint density at radius 1 is 0.939 bits per heavy atom. The predicted molar refractivity (Wildman–Crippen MR) is 128 cm³/mol. The average molecular weight is 463 g/mol. The first-order valence-corrected chi connectivity index (χ1v) is 12.1. The number of hydrogen-bond acceptors (Lipinski definition) is 6. The molecule has 4 rings (SSSR count). The maximum absolute atomic E-state index is 13.4. The summed E-state index contributed by atoms with van der Waals surface area (Å²) in [6, 6.07) is 22.1. The molecule has 4 aromatic rings.